The van der Waals surface area contributed by atoms with Gasteiger partial charge in [-0.25, -0.2) is 0 Å². The summed E-state index contributed by atoms with van der Waals surface area (Å²) in [6, 6.07) is 0. The van der Waals surface area contributed by atoms with Crippen molar-refractivity contribution in [2.45, 2.75) is 51.0 Å². The van der Waals surface area contributed by atoms with Crippen LogP contribution in [0.3, 0.4) is 0 Å². The summed E-state index contributed by atoms with van der Waals surface area (Å²) in [7, 11) is 0. The SMILES string of the molecule is CC(=O)NC1=NC2(CCCCC2)CCS1. The van der Waals surface area contributed by atoms with Crippen molar-refractivity contribution >= 4 is 22.8 Å². The number of rotatable bonds is 0. The Bertz CT molecular complexity index is 282. The van der Waals surface area contributed by atoms with Crippen LogP contribution >= 0.6 is 11.8 Å². The topological polar surface area (TPSA) is 41.5 Å². The highest BCUT2D eigenvalue weighted by Crippen LogP contribution is 2.38. The van der Waals surface area contributed by atoms with Crippen LogP contribution in [0.5, 0.6) is 0 Å². The molecule has 4 heteroatoms. The summed E-state index contributed by atoms with van der Waals surface area (Å²) in [5, 5.41) is 3.67. The molecule has 1 spiro atoms. The molecule has 1 fully saturated rings. The number of nitrogens with zero attached hydrogens (tertiary/aromatic N) is 1. The van der Waals surface area contributed by atoms with E-state index in [0.29, 0.717) is 0 Å². The molecule has 1 aliphatic heterocycles. The zero-order valence-electron chi connectivity index (χ0n) is 9.21. The zero-order chi connectivity index (χ0) is 10.7. The highest BCUT2D eigenvalue weighted by molar-refractivity contribution is 8.13. The van der Waals surface area contributed by atoms with Gasteiger partial charge < -0.3 is 5.32 Å². The van der Waals surface area contributed by atoms with Gasteiger partial charge in [0.2, 0.25) is 5.91 Å². The molecule has 0 bridgehead atoms. The van der Waals surface area contributed by atoms with Crippen molar-refractivity contribution in [3.05, 3.63) is 0 Å². The Morgan fingerprint density at radius 3 is 2.73 bits per heavy atom. The van der Waals surface area contributed by atoms with Gasteiger partial charge in [0.25, 0.3) is 0 Å². The van der Waals surface area contributed by atoms with Crippen LogP contribution in [0.4, 0.5) is 0 Å². The largest absolute Gasteiger partial charge is 0.306 e. The standard InChI is InChI=1S/C11H18N2OS/c1-9(14)12-10-13-11(7-8-15-10)5-3-2-4-6-11/h2-8H2,1H3,(H,12,13,14). The van der Waals surface area contributed by atoms with Gasteiger partial charge in [-0.2, -0.15) is 0 Å². The molecule has 1 N–H and O–H groups in total. The summed E-state index contributed by atoms with van der Waals surface area (Å²) in [4.78, 5) is 15.7. The summed E-state index contributed by atoms with van der Waals surface area (Å²) in [5.74, 6) is 1.09. The second-order valence-corrected chi connectivity index (χ2v) is 5.57. The molecule has 1 aliphatic carbocycles. The van der Waals surface area contributed by atoms with Crippen molar-refractivity contribution in [2.24, 2.45) is 4.99 Å². The van der Waals surface area contributed by atoms with E-state index < -0.39 is 0 Å². The number of carbonyl (C=O) groups excluding carboxylic acids is 1. The molecule has 1 heterocycles. The monoisotopic (exact) mass is 226 g/mol. The Labute approximate surface area is 95.1 Å². The van der Waals surface area contributed by atoms with E-state index in [1.807, 2.05) is 0 Å². The highest BCUT2D eigenvalue weighted by atomic mass is 32.2. The minimum atomic E-state index is -0.00545. The van der Waals surface area contributed by atoms with Crippen molar-refractivity contribution in [3.8, 4) is 0 Å². The quantitative estimate of drug-likeness (QED) is 0.688. The van der Waals surface area contributed by atoms with Gasteiger partial charge in [0, 0.05) is 12.7 Å². The number of amidine groups is 1. The molecule has 0 radical (unpaired) electrons. The van der Waals surface area contributed by atoms with E-state index in [1.54, 1.807) is 18.7 Å². The van der Waals surface area contributed by atoms with Gasteiger partial charge in [0.15, 0.2) is 5.17 Å². The van der Waals surface area contributed by atoms with Gasteiger partial charge >= 0.3 is 0 Å². The maximum absolute atomic E-state index is 11.0. The molecule has 15 heavy (non-hydrogen) atoms. The van der Waals surface area contributed by atoms with E-state index in [0.717, 1.165) is 10.9 Å². The van der Waals surface area contributed by atoms with Crippen molar-refractivity contribution in [1.29, 1.82) is 0 Å². The number of amides is 1. The number of thioether (sulfide) groups is 1. The van der Waals surface area contributed by atoms with Gasteiger partial charge in [-0.1, -0.05) is 31.0 Å². The maximum Gasteiger partial charge on any atom is 0.222 e. The normalized spacial score (nSPS) is 24.7. The average molecular weight is 226 g/mol. The number of aliphatic imine (C=N–C) groups is 1. The minimum Gasteiger partial charge on any atom is -0.306 e. The van der Waals surface area contributed by atoms with E-state index in [1.165, 1.54) is 38.5 Å². The molecular formula is C11H18N2OS. The van der Waals surface area contributed by atoms with E-state index >= 15 is 0 Å². The Morgan fingerprint density at radius 1 is 1.33 bits per heavy atom. The number of hydrogen-bond acceptors (Lipinski definition) is 3. The molecule has 84 valence electrons. The Hall–Kier alpha value is -0.510. The van der Waals surface area contributed by atoms with Crippen molar-refractivity contribution in [1.82, 2.24) is 5.32 Å². The van der Waals surface area contributed by atoms with Crippen LogP contribution in [0.15, 0.2) is 4.99 Å². The lowest BCUT2D eigenvalue weighted by molar-refractivity contribution is -0.117. The second kappa shape index (κ2) is 4.56. The third-order valence-corrected chi connectivity index (χ3v) is 4.09. The molecule has 0 unspecified atom stereocenters. The van der Waals surface area contributed by atoms with Crippen LogP contribution in [0.1, 0.15) is 45.4 Å². The summed E-state index contributed by atoms with van der Waals surface area (Å²) >= 11 is 1.68. The van der Waals surface area contributed by atoms with E-state index in [-0.39, 0.29) is 11.4 Å². The zero-order valence-corrected chi connectivity index (χ0v) is 10.0. The first-order valence-corrected chi connectivity index (χ1v) is 6.69. The first-order valence-electron chi connectivity index (χ1n) is 5.70. The van der Waals surface area contributed by atoms with E-state index in [9.17, 15) is 4.79 Å². The van der Waals surface area contributed by atoms with Gasteiger partial charge in [-0.15, -0.1) is 0 Å². The van der Waals surface area contributed by atoms with Crippen molar-refractivity contribution in [2.75, 3.05) is 5.75 Å². The van der Waals surface area contributed by atoms with Crippen LogP contribution in [0, 0.1) is 0 Å². The fourth-order valence-corrected chi connectivity index (χ4v) is 3.58. The summed E-state index contributed by atoms with van der Waals surface area (Å²) in [5.41, 5.74) is 0.168. The molecule has 1 amide bonds. The highest BCUT2D eigenvalue weighted by Gasteiger charge is 2.34. The average Bonchev–Trinajstić information content (AvgIpc) is 2.17. The molecule has 0 saturated heterocycles. The van der Waals surface area contributed by atoms with Crippen LogP contribution in [-0.4, -0.2) is 22.4 Å². The van der Waals surface area contributed by atoms with Crippen LogP contribution in [0.2, 0.25) is 0 Å². The summed E-state index contributed by atoms with van der Waals surface area (Å²) in [6.45, 7) is 1.55. The van der Waals surface area contributed by atoms with Gasteiger partial charge in [0.05, 0.1) is 5.54 Å². The van der Waals surface area contributed by atoms with Crippen molar-refractivity contribution < 1.29 is 4.79 Å². The third kappa shape index (κ3) is 2.74. The van der Waals surface area contributed by atoms with Crippen LogP contribution in [0.25, 0.3) is 0 Å². The summed E-state index contributed by atoms with van der Waals surface area (Å²) < 4.78 is 0. The molecule has 2 aliphatic rings. The van der Waals surface area contributed by atoms with Gasteiger partial charge in [-0.05, 0) is 19.3 Å². The number of nitrogens with one attached hydrogen (secondary N) is 1. The second-order valence-electron chi connectivity index (χ2n) is 4.48. The first-order chi connectivity index (χ1) is 7.20. The third-order valence-electron chi connectivity index (χ3n) is 3.21. The van der Waals surface area contributed by atoms with E-state index in [4.69, 9.17) is 4.99 Å². The number of hydrogen-bond donors (Lipinski definition) is 1. The molecule has 2 rings (SSSR count). The molecule has 0 atom stereocenters. The lowest BCUT2D eigenvalue weighted by Crippen LogP contribution is -2.38. The van der Waals surface area contributed by atoms with Crippen molar-refractivity contribution in [3.63, 3.8) is 0 Å². The molecule has 1 saturated carbocycles. The molecular weight excluding hydrogens is 208 g/mol. The number of carbonyl (C=O) groups is 1. The fraction of sp³-hybridized carbons (Fsp3) is 0.818. The van der Waals surface area contributed by atoms with Gasteiger partial charge in [0.1, 0.15) is 0 Å². The summed E-state index contributed by atoms with van der Waals surface area (Å²) in [6.07, 6.45) is 7.52. The molecule has 3 nitrogen and oxygen atoms in total. The molecule has 0 aromatic rings. The maximum atomic E-state index is 11.0. The Balaban J connectivity index is 2.08. The molecule has 0 aromatic carbocycles. The predicted octanol–water partition coefficient (Wildman–Crippen LogP) is 2.32. The lowest BCUT2D eigenvalue weighted by atomic mass is 9.80. The smallest absolute Gasteiger partial charge is 0.222 e. The van der Waals surface area contributed by atoms with Crippen LogP contribution in [-0.2, 0) is 4.79 Å². The minimum absolute atomic E-state index is 0.00545. The van der Waals surface area contributed by atoms with E-state index in [2.05, 4.69) is 5.32 Å². The fourth-order valence-electron chi connectivity index (χ4n) is 2.43. The predicted molar refractivity (Wildman–Crippen MR) is 64.1 cm³/mol. The Morgan fingerprint density at radius 2 is 2.07 bits per heavy atom. The molecule has 0 aromatic heterocycles. The first kappa shape index (κ1) is 11.0. The van der Waals surface area contributed by atoms with Crippen LogP contribution < -0.4 is 5.32 Å². The Kier molecular flexibility index (Phi) is 3.34. The lowest BCUT2D eigenvalue weighted by Gasteiger charge is -2.36. The van der Waals surface area contributed by atoms with Gasteiger partial charge in [-0.3, -0.25) is 9.79 Å².